The van der Waals surface area contributed by atoms with Crippen molar-refractivity contribution in [3.63, 3.8) is 0 Å². The van der Waals surface area contributed by atoms with E-state index in [1.807, 2.05) is 19.2 Å². The van der Waals surface area contributed by atoms with Gasteiger partial charge in [0, 0.05) is 11.6 Å². The fourth-order valence-electron chi connectivity index (χ4n) is 1.68. The van der Waals surface area contributed by atoms with Crippen LogP contribution in [0, 0.1) is 0 Å². The fourth-order valence-corrected chi connectivity index (χ4v) is 2.33. The van der Waals surface area contributed by atoms with E-state index in [1.54, 1.807) is 23.6 Å². The summed E-state index contributed by atoms with van der Waals surface area (Å²) in [7, 11) is 0. The largest absolute Gasteiger partial charge is 0.475 e. The van der Waals surface area contributed by atoms with Crippen molar-refractivity contribution in [2.45, 2.75) is 25.9 Å². The van der Waals surface area contributed by atoms with E-state index in [1.165, 1.54) is 6.07 Å². The van der Waals surface area contributed by atoms with E-state index in [0.29, 0.717) is 5.76 Å². The van der Waals surface area contributed by atoms with Crippen LogP contribution in [0.1, 0.15) is 47.3 Å². The molecule has 0 aliphatic heterocycles. The smallest absolute Gasteiger partial charge is 0.371 e. The van der Waals surface area contributed by atoms with Crippen LogP contribution >= 0.6 is 11.3 Å². The number of rotatable bonds is 5. The van der Waals surface area contributed by atoms with Crippen LogP contribution in [0.4, 0.5) is 0 Å². The topological polar surface area (TPSA) is 75.4 Å². The van der Waals surface area contributed by atoms with E-state index >= 15 is 0 Å². The summed E-state index contributed by atoms with van der Waals surface area (Å²) in [6.45, 7) is 3.94. The quantitative estimate of drug-likeness (QED) is 0.870. The third-order valence-corrected chi connectivity index (χ3v) is 3.54. The van der Waals surface area contributed by atoms with Crippen LogP contribution in [-0.2, 0) is 0 Å². The highest BCUT2D eigenvalue weighted by atomic mass is 32.1. The monoisotopic (exact) mass is 266 g/mol. The van der Waals surface area contributed by atoms with Crippen LogP contribution in [-0.4, -0.2) is 16.1 Å². The molecule has 0 aliphatic carbocycles. The van der Waals surface area contributed by atoms with Gasteiger partial charge in [0.25, 0.3) is 0 Å². The summed E-state index contributed by atoms with van der Waals surface area (Å²) in [5, 5.41) is 15.0. The van der Waals surface area contributed by atoms with Crippen LogP contribution in [0.2, 0.25) is 0 Å². The molecule has 2 N–H and O–H groups in total. The zero-order chi connectivity index (χ0) is 13.1. The minimum Gasteiger partial charge on any atom is -0.475 e. The molecule has 0 saturated carbocycles. The van der Waals surface area contributed by atoms with Crippen molar-refractivity contribution in [1.82, 2.24) is 10.3 Å². The van der Waals surface area contributed by atoms with Gasteiger partial charge in [-0.05, 0) is 26.0 Å². The number of aromatic carboxylic acids is 1. The first-order chi connectivity index (χ1) is 8.58. The number of aromatic nitrogens is 1. The van der Waals surface area contributed by atoms with Crippen LogP contribution in [0.5, 0.6) is 0 Å². The van der Waals surface area contributed by atoms with E-state index in [9.17, 15) is 4.79 Å². The third-order valence-electron chi connectivity index (χ3n) is 2.59. The van der Waals surface area contributed by atoms with Gasteiger partial charge in [-0.2, -0.15) is 0 Å². The molecule has 18 heavy (non-hydrogen) atoms. The molecule has 2 atom stereocenters. The second-order valence-corrected chi connectivity index (χ2v) is 4.91. The number of nitrogens with one attached hydrogen (secondary N) is 1. The van der Waals surface area contributed by atoms with Crippen molar-refractivity contribution in [3.8, 4) is 0 Å². The van der Waals surface area contributed by atoms with Gasteiger partial charge in [-0.15, -0.1) is 11.3 Å². The van der Waals surface area contributed by atoms with Crippen LogP contribution in [0.15, 0.2) is 28.1 Å². The molecule has 2 aromatic rings. The average Bonchev–Trinajstić information content (AvgIpc) is 3.00. The molecule has 0 bridgehead atoms. The summed E-state index contributed by atoms with van der Waals surface area (Å²) >= 11 is 1.58. The second-order valence-electron chi connectivity index (χ2n) is 3.99. The summed E-state index contributed by atoms with van der Waals surface area (Å²) in [4.78, 5) is 15.0. The molecular formula is C12H14N2O3S. The molecule has 2 heterocycles. The Kier molecular flexibility index (Phi) is 3.78. The first-order valence-corrected chi connectivity index (χ1v) is 6.44. The van der Waals surface area contributed by atoms with Gasteiger partial charge < -0.3 is 9.52 Å². The Morgan fingerprint density at radius 3 is 2.78 bits per heavy atom. The zero-order valence-corrected chi connectivity index (χ0v) is 10.9. The van der Waals surface area contributed by atoms with Gasteiger partial charge in [0.05, 0.1) is 12.1 Å². The van der Waals surface area contributed by atoms with Crippen molar-refractivity contribution < 1.29 is 14.3 Å². The molecule has 0 aliphatic rings. The maximum absolute atomic E-state index is 10.7. The van der Waals surface area contributed by atoms with Crippen LogP contribution in [0.25, 0.3) is 0 Å². The van der Waals surface area contributed by atoms with Crippen molar-refractivity contribution >= 4 is 17.3 Å². The number of thiazole rings is 1. The molecule has 0 saturated heterocycles. The molecule has 2 rings (SSSR count). The minimum absolute atomic E-state index is 0.0412. The molecule has 0 amide bonds. The predicted octanol–water partition coefficient (Wildman–Crippen LogP) is 2.85. The molecule has 2 aromatic heterocycles. The number of furan rings is 1. The van der Waals surface area contributed by atoms with Gasteiger partial charge in [0.2, 0.25) is 5.76 Å². The summed E-state index contributed by atoms with van der Waals surface area (Å²) in [6.07, 6.45) is 1.76. The van der Waals surface area contributed by atoms with E-state index in [-0.39, 0.29) is 17.8 Å². The highest BCUT2D eigenvalue weighted by Crippen LogP contribution is 2.22. The van der Waals surface area contributed by atoms with Gasteiger partial charge in [-0.25, -0.2) is 9.78 Å². The Hall–Kier alpha value is -1.66. The summed E-state index contributed by atoms with van der Waals surface area (Å²) in [5.41, 5.74) is 0. The molecule has 6 heteroatoms. The lowest BCUT2D eigenvalue weighted by Crippen LogP contribution is -2.22. The van der Waals surface area contributed by atoms with E-state index < -0.39 is 5.97 Å². The van der Waals surface area contributed by atoms with Crippen molar-refractivity contribution in [3.05, 3.63) is 40.2 Å². The highest BCUT2D eigenvalue weighted by Gasteiger charge is 2.17. The lowest BCUT2D eigenvalue weighted by atomic mass is 10.2. The Bertz CT molecular complexity index is 521. The van der Waals surface area contributed by atoms with E-state index in [0.717, 1.165) is 5.01 Å². The lowest BCUT2D eigenvalue weighted by Gasteiger charge is -2.16. The number of carbonyl (C=O) groups is 1. The molecule has 5 nitrogen and oxygen atoms in total. The Labute approximate surface area is 108 Å². The number of hydrogen-bond acceptors (Lipinski definition) is 5. The van der Waals surface area contributed by atoms with Gasteiger partial charge in [0.15, 0.2) is 0 Å². The Balaban J connectivity index is 2.02. The number of nitrogens with zero attached hydrogens (tertiary/aromatic N) is 1. The van der Waals surface area contributed by atoms with E-state index in [4.69, 9.17) is 9.52 Å². The van der Waals surface area contributed by atoms with Crippen molar-refractivity contribution in [1.29, 1.82) is 0 Å². The summed E-state index contributed by atoms with van der Waals surface area (Å²) < 4.78 is 5.25. The maximum Gasteiger partial charge on any atom is 0.371 e. The number of carboxylic acid groups (broad SMARTS) is 1. The lowest BCUT2D eigenvalue weighted by molar-refractivity contribution is 0.0659. The molecule has 0 radical (unpaired) electrons. The standard InChI is InChI=1S/C12H14N2O3S/c1-7(9-3-4-10(17-9)12(15)16)14-8(2)11-13-5-6-18-11/h3-8,14H,1-2H3,(H,15,16). The van der Waals surface area contributed by atoms with Crippen LogP contribution in [0.3, 0.4) is 0 Å². The Morgan fingerprint density at radius 1 is 1.44 bits per heavy atom. The zero-order valence-electron chi connectivity index (χ0n) is 10.1. The normalized spacial score (nSPS) is 14.3. The second kappa shape index (κ2) is 5.32. The molecule has 0 spiro atoms. The van der Waals surface area contributed by atoms with Crippen molar-refractivity contribution in [2.75, 3.05) is 0 Å². The minimum atomic E-state index is -1.05. The van der Waals surface area contributed by atoms with Gasteiger partial charge in [-0.1, -0.05) is 0 Å². The summed E-state index contributed by atoms with van der Waals surface area (Å²) in [5.74, 6) is -0.488. The highest BCUT2D eigenvalue weighted by molar-refractivity contribution is 7.09. The molecule has 2 unspecified atom stereocenters. The van der Waals surface area contributed by atoms with Gasteiger partial charge >= 0.3 is 5.97 Å². The predicted molar refractivity (Wildman–Crippen MR) is 67.7 cm³/mol. The average molecular weight is 266 g/mol. The Morgan fingerprint density at radius 2 is 2.22 bits per heavy atom. The maximum atomic E-state index is 10.7. The molecular weight excluding hydrogens is 252 g/mol. The SMILES string of the molecule is CC(NC(C)c1nccs1)c1ccc(C(=O)O)o1. The van der Waals surface area contributed by atoms with Gasteiger partial charge in [0.1, 0.15) is 10.8 Å². The van der Waals surface area contributed by atoms with E-state index in [2.05, 4.69) is 10.3 Å². The van der Waals surface area contributed by atoms with Crippen molar-refractivity contribution in [2.24, 2.45) is 0 Å². The summed E-state index contributed by atoms with van der Waals surface area (Å²) in [6, 6.07) is 3.16. The molecule has 96 valence electrons. The number of hydrogen-bond donors (Lipinski definition) is 2. The first-order valence-electron chi connectivity index (χ1n) is 5.56. The van der Waals surface area contributed by atoms with Gasteiger partial charge in [-0.3, -0.25) is 5.32 Å². The molecule has 0 aromatic carbocycles. The first kappa shape index (κ1) is 12.8. The number of carboxylic acids is 1. The fraction of sp³-hybridized carbons (Fsp3) is 0.333. The van der Waals surface area contributed by atoms with Crippen LogP contribution < -0.4 is 5.32 Å². The third kappa shape index (κ3) is 2.77. The molecule has 0 fully saturated rings.